The number of ether oxygens (including phenoxy) is 2. The average Bonchev–Trinajstić information content (AvgIpc) is 2.36. The maximum absolute atomic E-state index is 11.5. The molecule has 0 amide bonds. The molecule has 0 aliphatic rings. The van der Waals surface area contributed by atoms with Gasteiger partial charge < -0.3 is 14.8 Å². The monoisotopic (exact) mass is 293 g/mol. The van der Waals surface area contributed by atoms with Gasteiger partial charge in [0.1, 0.15) is 5.75 Å². The number of benzene rings is 1. The number of nitrogens with one attached hydrogen (secondary N) is 1. The number of aryl methyl sites for hydroxylation is 1. The highest BCUT2D eigenvalue weighted by atomic mass is 16.6. The highest BCUT2D eigenvalue weighted by molar-refractivity contribution is 5.71. The van der Waals surface area contributed by atoms with E-state index in [1.165, 1.54) is 5.56 Å². The molecule has 4 nitrogen and oxygen atoms in total. The number of carbonyl (C=O) groups is 1. The molecule has 0 saturated carbocycles. The molecular formula is C17H27NO3. The minimum Gasteiger partial charge on any atom is -0.482 e. The second-order valence-corrected chi connectivity index (χ2v) is 5.96. The van der Waals surface area contributed by atoms with Gasteiger partial charge >= 0.3 is 5.97 Å². The fourth-order valence-electron chi connectivity index (χ4n) is 1.92. The van der Waals surface area contributed by atoms with Crippen LogP contribution in [0.3, 0.4) is 0 Å². The zero-order valence-corrected chi connectivity index (χ0v) is 13.7. The van der Waals surface area contributed by atoms with E-state index in [0.717, 1.165) is 24.4 Å². The molecule has 0 atom stereocenters. The van der Waals surface area contributed by atoms with E-state index < -0.39 is 0 Å². The highest BCUT2D eigenvalue weighted by Crippen LogP contribution is 2.20. The normalized spacial score (nSPS) is 11.0. The van der Waals surface area contributed by atoms with Crippen LogP contribution in [0.25, 0.3) is 0 Å². The van der Waals surface area contributed by atoms with Gasteiger partial charge in [-0.25, -0.2) is 4.79 Å². The Morgan fingerprint density at radius 2 is 1.95 bits per heavy atom. The maximum atomic E-state index is 11.5. The fourth-order valence-corrected chi connectivity index (χ4v) is 1.92. The van der Waals surface area contributed by atoms with Crippen LogP contribution in [0.4, 0.5) is 0 Å². The molecule has 4 heteroatoms. The number of rotatable bonds is 8. The van der Waals surface area contributed by atoms with Crippen LogP contribution in [0.1, 0.15) is 38.8 Å². The third-order valence-electron chi connectivity index (χ3n) is 2.80. The summed E-state index contributed by atoms with van der Waals surface area (Å²) in [5.74, 6) is 0.990. The summed E-state index contributed by atoms with van der Waals surface area (Å²) in [6, 6.07) is 5.97. The SMILES string of the molecule is Cc1ccc(OCC(=O)OC(C)C)c(CNCC(C)C)c1. The summed E-state index contributed by atoms with van der Waals surface area (Å²) < 4.78 is 10.7. The zero-order valence-electron chi connectivity index (χ0n) is 13.7. The predicted molar refractivity (Wildman–Crippen MR) is 84.4 cm³/mol. The molecule has 1 rings (SSSR count). The molecule has 0 heterocycles. The van der Waals surface area contributed by atoms with Crippen molar-refractivity contribution in [2.24, 2.45) is 5.92 Å². The van der Waals surface area contributed by atoms with E-state index in [-0.39, 0.29) is 18.7 Å². The molecule has 1 N–H and O–H groups in total. The van der Waals surface area contributed by atoms with Crippen LogP contribution in [0, 0.1) is 12.8 Å². The third kappa shape index (κ3) is 7.14. The Morgan fingerprint density at radius 1 is 1.24 bits per heavy atom. The quantitative estimate of drug-likeness (QED) is 0.748. The van der Waals surface area contributed by atoms with E-state index in [4.69, 9.17) is 9.47 Å². The van der Waals surface area contributed by atoms with E-state index in [0.29, 0.717) is 5.92 Å². The third-order valence-corrected chi connectivity index (χ3v) is 2.80. The van der Waals surface area contributed by atoms with Crippen molar-refractivity contribution >= 4 is 5.97 Å². The van der Waals surface area contributed by atoms with Crippen molar-refractivity contribution in [1.29, 1.82) is 0 Å². The Labute approximate surface area is 127 Å². The van der Waals surface area contributed by atoms with Crippen molar-refractivity contribution < 1.29 is 14.3 Å². The van der Waals surface area contributed by atoms with Gasteiger partial charge in [-0.1, -0.05) is 31.5 Å². The van der Waals surface area contributed by atoms with Crippen molar-refractivity contribution in [3.05, 3.63) is 29.3 Å². The maximum Gasteiger partial charge on any atom is 0.344 e. The molecule has 0 bridgehead atoms. The lowest BCUT2D eigenvalue weighted by Crippen LogP contribution is -2.21. The molecule has 0 unspecified atom stereocenters. The Kier molecular flexibility index (Phi) is 7.23. The van der Waals surface area contributed by atoms with Crippen LogP contribution < -0.4 is 10.1 Å². The Hall–Kier alpha value is -1.55. The molecular weight excluding hydrogens is 266 g/mol. The molecule has 118 valence electrons. The minimum absolute atomic E-state index is 0.0571. The van der Waals surface area contributed by atoms with Crippen LogP contribution in [-0.2, 0) is 16.1 Å². The molecule has 1 aromatic carbocycles. The van der Waals surface area contributed by atoms with E-state index in [9.17, 15) is 4.79 Å². The van der Waals surface area contributed by atoms with Crippen molar-refractivity contribution in [1.82, 2.24) is 5.32 Å². The van der Waals surface area contributed by atoms with Crippen molar-refractivity contribution in [2.45, 2.75) is 47.3 Å². The summed E-state index contributed by atoms with van der Waals surface area (Å²) in [5, 5.41) is 3.39. The van der Waals surface area contributed by atoms with Crippen LogP contribution in [-0.4, -0.2) is 25.2 Å². The molecule has 0 saturated heterocycles. The second-order valence-electron chi connectivity index (χ2n) is 5.96. The Morgan fingerprint density at radius 3 is 2.57 bits per heavy atom. The van der Waals surface area contributed by atoms with Gasteiger partial charge in [-0.05, 0) is 39.3 Å². The zero-order chi connectivity index (χ0) is 15.8. The molecule has 0 spiro atoms. The molecule has 0 aliphatic heterocycles. The summed E-state index contributed by atoms with van der Waals surface area (Å²) in [5.41, 5.74) is 2.24. The first-order valence-electron chi connectivity index (χ1n) is 7.51. The Bertz CT molecular complexity index is 455. The highest BCUT2D eigenvalue weighted by Gasteiger charge is 2.09. The summed E-state index contributed by atoms with van der Waals surface area (Å²) >= 11 is 0. The number of hydrogen-bond donors (Lipinski definition) is 1. The minimum atomic E-state index is -0.341. The van der Waals surface area contributed by atoms with Gasteiger partial charge in [0.05, 0.1) is 6.10 Å². The Balaban J connectivity index is 2.61. The molecule has 0 aliphatic carbocycles. The summed E-state index contributed by atoms with van der Waals surface area (Å²) in [6.07, 6.45) is -0.119. The lowest BCUT2D eigenvalue weighted by Gasteiger charge is -2.14. The van der Waals surface area contributed by atoms with Crippen molar-refractivity contribution in [2.75, 3.05) is 13.2 Å². The predicted octanol–water partition coefficient (Wildman–Crippen LogP) is 3.07. The van der Waals surface area contributed by atoms with Gasteiger partial charge in [0.25, 0.3) is 0 Å². The van der Waals surface area contributed by atoms with E-state index >= 15 is 0 Å². The lowest BCUT2D eigenvalue weighted by molar-refractivity contribution is -0.149. The van der Waals surface area contributed by atoms with Gasteiger partial charge in [-0.15, -0.1) is 0 Å². The molecule has 0 radical (unpaired) electrons. The summed E-state index contributed by atoms with van der Waals surface area (Å²) in [4.78, 5) is 11.5. The first-order chi connectivity index (χ1) is 9.88. The molecule has 21 heavy (non-hydrogen) atoms. The van der Waals surface area contributed by atoms with Gasteiger partial charge in [0, 0.05) is 12.1 Å². The second kappa shape index (κ2) is 8.67. The fraction of sp³-hybridized carbons (Fsp3) is 0.588. The van der Waals surface area contributed by atoms with Crippen LogP contribution >= 0.6 is 0 Å². The molecule has 0 aromatic heterocycles. The van der Waals surface area contributed by atoms with Gasteiger partial charge in [0.2, 0.25) is 0 Å². The van der Waals surface area contributed by atoms with E-state index in [2.05, 4.69) is 25.2 Å². The molecule has 1 aromatic rings. The van der Waals surface area contributed by atoms with Crippen molar-refractivity contribution in [3.8, 4) is 5.75 Å². The summed E-state index contributed by atoms with van der Waals surface area (Å²) in [6.45, 7) is 11.7. The number of hydrogen-bond acceptors (Lipinski definition) is 4. The standard InChI is InChI=1S/C17H27NO3/c1-12(2)9-18-10-15-8-14(5)6-7-16(15)20-11-17(19)21-13(3)4/h6-8,12-13,18H,9-11H2,1-5H3. The largest absolute Gasteiger partial charge is 0.482 e. The smallest absolute Gasteiger partial charge is 0.344 e. The first kappa shape index (κ1) is 17.5. The van der Waals surface area contributed by atoms with Crippen LogP contribution in [0.15, 0.2) is 18.2 Å². The van der Waals surface area contributed by atoms with Crippen molar-refractivity contribution in [3.63, 3.8) is 0 Å². The van der Waals surface area contributed by atoms with Gasteiger partial charge in [-0.3, -0.25) is 0 Å². The van der Waals surface area contributed by atoms with Gasteiger partial charge in [-0.2, -0.15) is 0 Å². The van der Waals surface area contributed by atoms with E-state index in [1.807, 2.05) is 32.9 Å². The van der Waals surface area contributed by atoms with Gasteiger partial charge in [0.15, 0.2) is 6.61 Å². The summed E-state index contributed by atoms with van der Waals surface area (Å²) in [7, 11) is 0. The van der Waals surface area contributed by atoms with Crippen LogP contribution in [0.5, 0.6) is 5.75 Å². The number of carbonyl (C=O) groups excluding carboxylic acids is 1. The number of esters is 1. The average molecular weight is 293 g/mol. The lowest BCUT2D eigenvalue weighted by atomic mass is 10.1. The molecule has 0 fully saturated rings. The van der Waals surface area contributed by atoms with E-state index in [1.54, 1.807) is 0 Å². The topological polar surface area (TPSA) is 47.6 Å². The van der Waals surface area contributed by atoms with Crippen LogP contribution in [0.2, 0.25) is 0 Å². The first-order valence-corrected chi connectivity index (χ1v) is 7.51.